The first kappa shape index (κ1) is 7.37. The fraction of sp³-hybridized carbons (Fsp3) is 0. The zero-order valence-corrected chi connectivity index (χ0v) is 4.95. The van der Waals surface area contributed by atoms with Crippen LogP contribution in [0.2, 0.25) is 0 Å². The topological polar surface area (TPSA) is 12.4 Å². The quantitative estimate of drug-likeness (QED) is 0.405. The summed E-state index contributed by atoms with van der Waals surface area (Å²) in [5.41, 5.74) is 0. The highest BCUT2D eigenvalue weighted by Gasteiger charge is 1.79. The average Bonchev–Trinajstić information content (AvgIpc) is 1.61. The zero-order chi connectivity index (χ0) is 6.57. The van der Waals surface area contributed by atoms with Gasteiger partial charge in [0.25, 0.3) is 0 Å². The van der Waals surface area contributed by atoms with Crippen molar-refractivity contribution in [2.75, 3.05) is 0 Å². The highest BCUT2D eigenvalue weighted by atomic mass is 35.5. The van der Waals surface area contributed by atoms with E-state index in [0.29, 0.717) is 0 Å². The van der Waals surface area contributed by atoms with Crippen LogP contribution in [0.15, 0.2) is 29.1 Å². The summed E-state index contributed by atoms with van der Waals surface area (Å²) in [5.74, 6) is -0.633. The number of halogens is 2. The fourth-order valence-electron chi connectivity index (χ4n) is 0.140. The van der Waals surface area contributed by atoms with E-state index in [1.165, 1.54) is 0 Å². The van der Waals surface area contributed by atoms with Crippen LogP contribution in [0.5, 0.6) is 0 Å². The normalized spacial score (nSPS) is 9.75. The van der Waals surface area contributed by atoms with E-state index >= 15 is 0 Å². The molecule has 0 saturated carbocycles. The van der Waals surface area contributed by atoms with Gasteiger partial charge in [-0.15, -0.1) is 0 Å². The first-order chi connectivity index (χ1) is 3.63. The molecular formula is C5H5ClFN. The molecule has 0 aromatic carbocycles. The molecule has 3 heteroatoms. The molecule has 0 aliphatic carbocycles. The Labute approximate surface area is 52.2 Å². The van der Waals surface area contributed by atoms with Crippen LogP contribution in [-0.2, 0) is 0 Å². The van der Waals surface area contributed by atoms with Gasteiger partial charge in [-0.1, -0.05) is 24.8 Å². The van der Waals surface area contributed by atoms with E-state index in [9.17, 15) is 4.39 Å². The zero-order valence-electron chi connectivity index (χ0n) is 4.19. The van der Waals surface area contributed by atoms with Crippen molar-refractivity contribution in [3.8, 4) is 0 Å². The molecule has 0 heterocycles. The molecule has 0 radical (unpaired) electrons. The third kappa shape index (κ3) is 5.37. The van der Waals surface area contributed by atoms with Crippen LogP contribution in [0.4, 0.5) is 4.39 Å². The molecule has 0 saturated heterocycles. The van der Waals surface area contributed by atoms with Crippen molar-refractivity contribution in [3.63, 3.8) is 0 Å². The van der Waals surface area contributed by atoms with E-state index in [2.05, 4.69) is 18.2 Å². The van der Waals surface area contributed by atoms with E-state index in [1.54, 1.807) is 0 Å². The van der Waals surface area contributed by atoms with E-state index in [1.807, 2.05) is 0 Å². The molecule has 0 amide bonds. The lowest BCUT2D eigenvalue weighted by Crippen LogP contribution is -1.69. The largest absolute Gasteiger partial charge is 0.242 e. The second-order valence-electron chi connectivity index (χ2n) is 1.08. The van der Waals surface area contributed by atoms with Crippen molar-refractivity contribution in [1.29, 1.82) is 0 Å². The molecule has 0 atom stereocenters. The maximum absolute atomic E-state index is 11.6. The van der Waals surface area contributed by atoms with Gasteiger partial charge in [0, 0.05) is 0 Å². The van der Waals surface area contributed by atoms with Crippen molar-refractivity contribution in [3.05, 3.63) is 24.1 Å². The van der Waals surface area contributed by atoms with Gasteiger partial charge in [0.1, 0.15) is 11.0 Å². The summed E-state index contributed by atoms with van der Waals surface area (Å²) < 4.78 is 11.6. The number of aliphatic imine (C=N–C) groups is 1. The third-order valence-corrected chi connectivity index (χ3v) is 0.442. The van der Waals surface area contributed by atoms with E-state index in [0.717, 1.165) is 6.21 Å². The molecule has 0 bridgehead atoms. The molecule has 0 aliphatic heterocycles. The van der Waals surface area contributed by atoms with Gasteiger partial charge < -0.3 is 0 Å². The lowest BCUT2D eigenvalue weighted by atomic mass is 10.7. The lowest BCUT2D eigenvalue weighted by Gasteiger charge is -1.79. The number of rotatable bonds is 2. The minimum absolute atomic E-state index is 0.0452. The Morgan fingerprint density at radius 3 is 2.25 bits per heavy atom. The Kier molecular flexibility index (Phi) is 3.12. The molecule has 44 valence electrons. The van der Waals surface area contributed by atoms with Gasteiger partial charge in [-0.3, -0.25) is 0 Å². The minimum Gasteiger partial charge on any atom is -0.242 e. The summed E-state index contributed by atoms with van der Waals surface area (Å²) in [5, 5.41) is 0.0452. The van der Waals surface area contributed by atoms with Crippen LogP contribution in [-0.4, -0.2) is 6.21 Å². The first-order valence-corrected chi connectivity index (χ1v) is 2.23. The van der Waals surface area contributed by atoms with Crippen LogP contribution in [0, 0.1) is 0 Å². The van der Waals surface area contributed by atoms with Crippen LogP contribution in [0.25, 0.3) is 0 Å². The maximum Gasteiger partial charge on any atom is 0.134 e. The first-order valence-electron chi connectivity index (χ1n) is 1.86. The molecule has 0 N–H and O–H groups in total. The van der Waals surface area contributed by atoms with Crippen LogP contribution in [0.1, 0.15) is 0 Å². The fourth-order valence-corrected chi connectivity index (χ4v) is 0.189. The second kappa shape index (κ2) is 3.38. The van der Waals surface area contributed by atoms with Crippen molar-refractivity contribution < 1.29 is 4.39 Å². The molecular weight excluding hydrogens is 129 g/mol. The van der Waals surface area contributed by atoms with Crippen LogP contribution in [0.3, 0.4) is 0 Å². The Balaban J connectivity index is 3.67. The molecule has 0 fully saturated rings. The van der Waals surface area contributed by atoms with Gasteiger partial charge in [-0.2, -0.15) is 0 Å². The number of nitrogens with zero attached hydrogens (tertiary/aromatic N) is 1. The van der Waals surface area contributed by atoms with Crippen molar-refractivity contribution in [2.45, 2.75) is 0 Å². The van der Waals surface area contributed by atoms with Crippen LogP contribution < -0.4 is 0 Å². The second-order valence-corrected chi connectivity index (χ2v) is 1.52. The van der Waals surface area contributed by atoms with E-state index in [4.69, 9.17) is 11.6 Å². The molecule has 0 unspecified atom stereocenters. The Bertz CT molecular complexity index is 123. The van der Waals surface area contributed by atoms with Crippen molar-refractivity contribution >= 4 is 17.8 Å². The summed E-state index contributed by atoms with van der Waals surface area (Å²) in [6.07, 6.45) is 0.898. The summed E-state index contributed by atoms with van der Waals surface area (Å²) in [6.45, 7) is 6.10. The molecule has 0 rings (SSSR count). The standard InChI is InChI=1S/C5H5ClFN/c1-4(7)3-8-5(2)6/h3H,1-2H2/b8-3-. The molecule has 0 aromatic heterocycles. The molecule has 8 heavy (non-hydrogen) atoms. The van der Waals surface area contributed by atoms with Gasteiger partial charge in [-0.05, 0) is 0 Å². The predicted molar refractivity (Wildman–Crippen MR) is 33.7 cm³/mol. The lowest BCUT2D eigenvalue weighted by molar-refractivity contribution is 0.690. The van der Waals surface area contributed by atoms with Gasteiger partial charge in [0.2, 0.25) is 0 Å². The maximum atomic E-state index is 11.6. The minimum atomic E-state index is -0.633. The monoisotopic (exact) mass is 133 g/mol. The average molecular weight is 134 g/mol. The SMILES string of the molecule is C=C(F)/C=N\C(=C)Cl. The highest BCUT2D eigenvalue weighted by Crippen LogP contribution is 1.97. The van der Waals surface area contributed by atoms with Gasteiger partial charge in [0.05, 0.1) is 6.21 Å². The van der Waals surface area contributed by atoms with E-state index in [-0.39, 0.29) is 5.16 Å². The smallest absolute Gasteiger partial charge is 0.134 e. The molecule has 1 nitrogen and oxygen atoms in total. The molecule has 0 aliphatic rings. The van der Waals surface area contributed by atoms with Crippen molar-refractivity contribution in [2.24, 2.45) is 4.99 Å². The summed E-state index contributed by atoms with van der Waals surface area (Å²) in [6, 6.07) is 0. The number of hydrogen-bond donors (Lipinski definition) is 0. The van der Waals surface area contributed by atoms with Gasteiger partial charge >= 0.3 is 0 Å². The highest BCUT2D eigenvalue weighted by molar-refractivity contribution is 6.29. The summed E-state index contributed by atoms with van der Waals surface area (Å²) in [4.78, 5) is 3.30. The van der Waals surface area contributed by atoms with Crippen molar-refractivity contribution in [1.82, 2.24) is 0 Å². The van der Waals surface area contributed by atoms with Gasteiger partial charge in [0.15, 0.2) is 0 Å². The predicted octanol–water partition coefficient (Wildman–Crippen LogP) is 2.25. The Morgan fingerprint density at radius 1 is 1.62 bits per heavy atom. The Hall–Kier alpha value is -0.630. The third-order valence-electron chi connectivity index (χ3n) is 0.345. The number of allylic oxidation sites excluding steroid dienone is 1. The summed E-state index contributed by atoms with van der Waals surface area (Å²) >= 11 is 5.12. The molecule has 0 aromatic rings. The summed E-state index contributed by atoms with van der Waals surface area (Å²) in [7, 11) is 0. The van der Waals surface area contributed by atoms with Crippen LogP contribution >= 0.6 is 11.6 Å². The van der Waals surface area contributed by atoms with Gasteiger partial charge in [-0.25, -0.2) is 9.38 Å². The number of hydrogen-bond acceptors (Lipinski definition) is 1. The molecule has 0 spiro atoms. The Morgan fingerprint density at radius 2 is 2.12 bits per heavy atom. The van der Waals surface area contributed by atoms with E-state index < -0.39 is 5.83 Å².